The molecule has 234 valence electrons. The van der Waals surface area contributed by atoms with Gasteiger partial charge in [-0.15, -0.1) is 0 Å². The van der Waals surface area contributed by atoms with Crippen LogP contribution in [0.2, 0.25) is 0 Å². The van der Waals surface area contributed by atoms with Crippen molar-refractivity contribution in [2.24, 2.45) is 5.92 Å². The van der Waals surface area contributed by atoms with Gasteiger partial charge in [0.2, 0.25) is 11.9 Å². The molecule has 1 aromatic carbocycles. The van der Waals surface area contributed by atoms with Crippen LogP contribution in [0.3, 0.4) is 0 Å². The lowest BCUT2D eigenvalue weighted by Gasteiger charge is -2.37. The van der Waals surface area contributed by atoms with E-state index in [1.807, 2.05) is 11.9 Å². The Morgan fingerprint density at radius 2 is 1.60 bits per heavy atom. The van der Waals surface area contributed by atoms with Crippen LogP contribution >= 0.6 is 0 Å². The number of carbonyl (C=O) groups is 2. The smallest absolute Gasteiger partial charge is 0.366 e. The second-order valence-corrected chi connectivity index (χ2v) is 12.1. The van der Waals surface area contributed by atoms with Crippen molar-refractivity contribution in [3.8, 4) is 0 Å². The number of aromatic nitrogens is 2. The maximum Gasteiger partial charge on any atom is 0.421 e. The van der Waals surface area contributed by atoms with Gasteiger partial charge >= 0.3 is 6.18 Å². The van der Waals surface area contributed by atoms with E-state index in [2.05, 4.69) is 32.5 Å². The topological polar surface area (TPSA) is 93.7 Å². The molecular weight excluding hydrogens is 559 g/mol. The highest BCUT2D eigenvalue weighted by atomic mass is 19.4. The maximum atomic E-state index is 14.0. The Bertz CT molecular complexity index is 1260. The Balaban J connectivity index is 1.29. The van der Waals surface area contributed by atoms with Crippen molar-refractivity contribution in [2.45, 2.75) is 76.0 Å². The number of halogens is 3. The van der Waals surface area contributed by atoms with E-state index in [0.717, 1.165) is 64.2 Å². The number of amides is 2. The summed E-state index contributed by atoms with van der Waals surface area (Å²) < 4.78 is 42.0. The molecule has 1 saturated carbocycles. The van der Waals surface area contributed by atoms with E-state index in [9.17, 15) is 22.8 Å². The molecule has 2 N–H and O–H groups in total. The number of nitrogens with one attached hydrogen (secondary N) is 2. The van der Waals surface area contributed by atoms with Crippen LogP contribution in [0.15, 0.2) is 30.5 Å². The molecule has 3 heterocycles. The molecule has 2 aliphatic heterocycles. The molecule has 2 saturated heterocycles. The summed E-state index contributed by atoms with van der Waals surface area (Å²) in [5, 5.41) is 5.99. The molecule has 12 heteroatoms. The summed E-state index contributed by atoms with van der Waals surface area (Å²) >= 11 is 0. The Hall–Kier alpha value is -3.41. The summed E-state index contributed by atoms with van der Waals surface area (Å²) in [5.41, 5.74) is 0.107. The number of benzene rings is 1. The molecule has 3 fully saturated rings. The fraction of sp³-hybridized carbons (Fsp3) is 0.613. The Kier molecular flexibility index (Phi) is 9.73. The number of hydrogen-bond acceptors (Lipinski definition) is 7. The number of anilines is 3. The summed E-state index contributed by atoms with van der Waals surface area (Å²) in [6, 6.07) is 6.51. The minimum absolute atomic E-state index is 0.00673. The summed E-state index contributed by atoms with van der Waals surface area (Å²) in [6.07, 6.45) is 3.91. The zero-order valence-electron chi connectivity index (χ0n) is 25.0. The fourth-order valence-corrected chi connectivity index (χ4v) is 6.46. The quantitative estimate of drug-likeness (QED) is 0.440. The normalized spacial score (nSPS) is 22.2. The third-order valence-corrected chi connectivity index (χ3v) is 9.11. The molecule has 3 aliphatic rings. The first-order valence-electron chi connectivity index (χ1n) is 15.4. The molecule has 5 rings (SSSR count). The molecular formula is C31H42F3N7O2. The summed E-state index contributed by atoms with van der Waals surface area (Å²) in [7, 11) is 3.90. The van der Waals surface area contributed by atoms with Gasteiger partial charge in [-0.25, -0.2) is 4.98 Å². The predicted molar refractivity (Wildman–Crippen MR) is 159 cm³/mol. The standard InChI is InChI=1S/C31H42F3N7O2/c1-39-18-14-23(15-19-39)40(2)28(42)21-10-12-22(13-11-21)36-30-35-20-25(31(32,33)34)27(38-30)37-26-9-5-4-8-24(26)29(43)41-16-6-3-7-17-41/h10-13,20,23-24,26H,3-9,14-19H2,1-2H3,(H2,35,36,37,38)/t24-,26+/m0/s1. The number of carbonyl (C=O) groups excluding carboxylic acids is 2. The third-order valence-electron chi connectivity index (χ3n) is 9.11. The van der Waals surface area contributed by atoms with E-state index in [4.69, 9.17) is 0 Å². The number of likely N-dealkylation sites (tertiary alicyclic amines) is 2. The fourth-order valence-electron chi connectivity index (χ4n) is 6.46. The van der Waals surface area contributed by atoms with E-state index >= 15 is 0 Å². The van der Waals surface area contributed by atoms with Crippen molar-refractivity contribution in [2.75, 3.05) is 50.9 Å². The van der Waals surface area contributed by atoms with Gasteiger partial charge in [-0.3, -0.25) is 9.59 Å². The van der Waals surface area contributed by atoms with Crippen LogP contribution in [0, 0.1) is 5.92 Å². The Labute approximate surface area is 251 Å². The SMILES string of the molecule is CN1CCC(N(C)C(=O)c2ccc(Nc3ncc(C(F)(F)F)c(N[C@@H]4CCCC[C@@H]4C(=O)N4CCCCC4)n3)cc2)CC1. The van der Waals surface area contributed by atoms with Crippen molar-refractivity contribution in [1.82, 2.24) is 24.7 Å². The highest BCUT2D eigenvalue weighted by molar-refractivity contribution is 5.94. The van der Waals surface area contributed by atoms with Gasteiger partial charge in [0, 0.05) is 49.7 Å². The monoisotopic (exact) mass is 601 g/mol. The number of nitrogens with zero attached hydrogens (tertiary/aromatic N) is 5. The van der Waals surface area contributed by atoms with Crippen molar-refractivity contribution < 1.29 is 22.8 Å². The second kappa shape index (κ2) is 13.5. The molecule has 0 unspecified atom stereocenters. The molecule has 0 bridgehead atoms. The highest BCUT2D eigenvalue weighted by Gasteiger charge is 2.39. The van der Waals surface area contributed by atoms with E-state index in [1.165, 1.54) is 0 Å². The van der Waals surface area contributed by atoms with E-state index in [0.29, 0.717) is 37.2 Å². The van der Waals surface area contributed by atoms with E-state index in [-0.39, 0.29) is 29.6 Å². The molecule has 0 spiro atoms. The minimum Gasteiger partial charge on any atom is -0.366 e. The summed E-state index contributed by atoms with van der Waals surface area (Å²) in [4.78, 5) is 40.5. The predicted octanol–water partition coefficient (Wildman–Crippen LogP) is 5.39. The van der Waals surface area contributed by atoms with E-state index in [1.54, 1.807) is 29.2 Å². The first kappa shape index (κ1) is 31.0. The lowest BCUT2D eigenvalue weighted by Crippen LogP contribution is -2.47. The van der Waals surface area contributed by atoms with Crippen LogP contribution in [0.4, 0.5) is 30.6 Å². The lowest BCUT2D eigenvalue weighted by molar-refractivity contribution is -0.137. The summed E-state index contributed by atoms with van der Waals surface area (Å²) in [6.45, 7) is 3.31. The van der Waals surface area contributed by atoms with Crippen LogP contribution in [-0.4, -0.2) is 88.8 Å². The second-order valence-electron chi connectivity index (χ2n) is 12.1. The van der Waals surface area contributed by atoms with Gasteiger partial charge in [0.25, 0.3) is 5.91 Å². The van der Waals surface area contributed by atoms with Crippen LogP contribution in [0.5, 0.6) is 0 Å². The minimum atomic E-state index is -4.66. The third kappa shape index (κ3) is 7.57. The van der Waals surface area contributed by atoms with Gasteiger partial charge in [0.1, 0.15) is 11.4 Å². The zero-order chi connectivity index (χ0) is 30.6. The van der Waals surface area contributed by atoms with Gasteiger partial charge in [-0.2, -0.15) is 18.2 Å². The van der Waals surface area contributed by atoms with Gasteiger partial charge in [0.15, 0.2) is 0 Å². The zero-order valence-corrected chi connectivity index (χ0v) is 25.0. The van der Waals surface area contributed by atoms with Gasteiger partial charge in [0.05, 0.1) is 5.92 Å². The Morgan fingerprint density at radius 1 is 0.930 bits per heavy atom. The van der Waals surface area contributed by atoms with Gasteiger partial charge in [-0.05, 0) is 89.3 Å². The molecule has 2 aromatic rings. The van der Waals surface area contributed by atoms with E-state index < -0.39 is 23.7 Å². The van der Waals surface area contributed by atoms with Crippen LogP contribution in [0.25, 0.3) is 0 Å². The largest absolute Gasteiger partial charge is 0.421 e. The highest BCUT2D eigenvalue weighted by Crippen LogP contribution is 2.37. The average molecular weight is 602 g/mol. The summed E-state index contributed by atoms with van der Waals surface area (Å²) in [5.74, 6) is -0.779. The molecule has 1 aliphatic carbocycles. The first-order valence-corrected chi connectivity index (χ1v) is 15.4. The molecule has 2 amide bonds. The number of piperidine rings is 2. The number of alkyl halides is 3. The molecule has 43 heavy (non-hydrogen) atoms. The van der Waals surface area contributed by atoms with Gasteiger partial charge < -0.3 is 25.3 Å². The van der Waals surface area contributed by atoms with Crippen molar-refractivity contribution in [1.29, 1.82) is 0 Å². The number of rotatable bonds is 7. The molecule has 2 atom stereocenters. The number of hydrogen-bond donors (Lipinski definition) is 2. The van der Waals surface area contributed by atoms with Crippen molar-refractivity contribution in [3.63, 3.8) is 0 Å². The molecule has 9 nitrogen and oxygen atoms in total. The molecule has 0 radical (unpaired) electrons. The first-order chi connectivity index (χ1) is 20.6. The maximum absolute atomic E-state index is 14.0. The lowest BCUT2D eigenvalue weighted by atomic mass is 9.83. The van der Waals surface area contributed by atoms with Gasteiger partial charge in [-0.1, -0.05) is 12.8 Å². The molecule has 1 aromatic heterocycles. The van der Waals surface area contributed by atoms with Crippen LogP contribution in [-0.2, 0) is 11.0 Å². The van der Waals surface area contributed by atoms with Crippen LogP contribution < -0.4 is 10.6 Å². The Morgan fingerprint density at radius 3 is 2.28 bits per heavy atom. The van der Waals surface area contributed by atoms with Crippen LogP contribution in [0.1, 0.15) is 73.7 Å². The van der Waals surface area contributed by atoms with Crippen molar-refractivity contribution in [3.05, 3.63) is 41.6 Å². The van der Waals surface area contributed by atoms with Crippen molar-refractivity contribution >= 4 is 29.3 Å². The average Bonchev–Trinajstić information content (AvgIpc) is 3.01.